The predicted octanol–water partition coefficient (Wildman–Crippen LogP) is 5.86. The van der Waals surface area contributed by atoms with Crippen LogP contribution in [0.4, 0.5) is 27.9 Å². The summed E-state index contributed by atoms with van der Waals surface area (Å²) in [5.41, 5.74) is 9.71. The first kappa shape index (κ1) is 15.0. The Balaban J connectivity index is 1.71. The number of rotatable bonds is 4. The van der Waals surface area contributed by atoms with E-state index in [0.29, 0.717) is 5.13 Å². The van der Waals surface area contributed by atoms with Crippen LogP contribution in [0.5, 0.6) is 0 Å². The maximum absolute atomic E-state index is 5.72. The monoisotopic (exact) mass is 322 g/mol. The van der Waals surface area contributed by atoms with E-state index in [9.17, 15) is 0 Å². The van der Waals surface area contributed by atoms with E-state index in [4.69, 9.17) is 5.73 Å². The first-order valence-electron chi connectivity index (χ1n) is 6.90. The molecule has 0 aliphatic carbocycles. The van der Waals surface area contributed by atoms with Crippen molar-refractivity contribution in [3.8, 4) is 0 Å². The van der Waals surface area contributed by atoms with Crippen molar-refractivity contribution in [2.24, 2.45) is 20.5 Å². The number of nitrogens with two attached hydrogens (primary N) is 1. The number of nitrogens with zero attached hydrogens (tertiary/aromatic N) is 5. The number of azo groups is 2. The van der Waals surface area contributed by atoms with Crippen molar-refractivity contribution in [3.05, 3.63) is 59.6 Å². The molecule has 1 aromatic heterocycles. The molecule has 1 heterocycles. The Hall–Kier alpha value is -2.93. The zero-order valence-corrected chi connectivity index (χ0v) is 13.2. The van der Waals surface area contributed by atoms with Crippen molar-refractivity contribution in [1.82, 2.24) is 4.98 Å². The van der Waals surface area contributed by atoms with E-state index in [2.05, 4.69) is 25.4 Å². The fourth-order valence-electron chi connectivity index (χ4n) is 1.85. The zero-order valence-electron chi connectivity index (χ0n) is 12.4. The van der Waals surface area contributed by atoms with Crippen LogP contribution in [-0.2, 0) is 0 Å². The van der Waals surface area contributed by atoms with Gasteiger partial charge in [0, 0.05) is 17.3 Å². The molecule has 0 spiro atoms. The first-order chi connectivity index (χ1) is 11.2. The SMILES string of the molecule is Cc1cc(N)ccc1N=Nc1ccc(N=Nc2nccs2)cc1. The van der Waals surface area contributed by atoms with E-state index in [1.807, 2.05) is 54.8 Å². The summed E-state index contributed by atoms with van der Waals surface area (Å²) < 4.78 is 0. The Kier molecular flexibility index (Phi) is 4.49. The lowest BCUT2D eigenvalue weighted by molar-refractivity contribution is 1.19. The van der Waals surface area contributed by atoms with Gasteiger partial charge in [-0.05, 0) is 55.0 Å². The van der Waals surface area contributed by atoms with Gasteiger partial charge in [0.2, 0.25) is 5.13 Å². The molecule has 114 valence electrons. The number of hydrogen-bond acceptors (Lipinski definition) is 7. The topological polar surface area (TPSA) is 88.3 Å². The van der Waals surface area contributed by atoms with Crippen LogP contribution in [0.15, 0.2) is 74.5 Å². The van der Waals surface area contributed by atoms with Crippen LogP contribution in [-0.4, -0.2) is 4.98 Å². The van der Waals surface area contributed by atoms with Gasteiger partial charge in [-0.1, -0.05) is 0 Å². The summed E-state index contributed by atoms with van der Waals surface area (Å²) >= 11 is 1.44. The average Bonchev–Trinajstić information content (AvgIpc) is 3.07. The molecule has 2 aromatic carbocycles. The number of aromatic nitrogens is 1. The minimum Gasteiger partial charge on any atom is -0.399 e. The lowest BCUT2D eigenvalue weighted by Crippen LogP contribution is -1.84. The molecule has 0 aliphatic rings. The highest BCUT2D eigenvalue weighted by atomic mass is 32.1. The van der Waals surface area contributed by atoms with E-state index in [-0.39, 0.29) is 0 Å². The summed E-state index contributed by atoms with van der Waals surface area (Å²) in [5, 5.41) is 19.1. The Bertz CT molecular complexity index is 838. The predicted molar refractivity (Wildman–Crippen MR) is 92.5 cm³/mol. The maximum Gasteiger partial charge on any atom is 0.229 e. The molecule has 0 bridgehead atoms. The van der Waals surface area contributed by atoms with E-state index in [0.717, 1.165) is 28.3 Å². The molecule has 3 rings (SSSR count). The van der Waals surface area contributed by atoms with Crippen molar-refractivity contribution >= 4 is 39.2 Å². The lowest BCUT2D eigenvalue weighted by Gasteiger charge is -2.00. The molecule has 0 aliphatic heterocycles. The van der Waals surface area contributed by atoms with E-state index in [1.165, 1.54) is 11.3 Å². The molecule has 0 fully saturated rings. The number of hydrogen-bond donors (Lipinski definition) is 1. The van der Waals surface area contributed by atoms with Crippen LogP contribution in [0, 0.1) is 6.92 Å². The smallest absolute Gasteiger partial charge is 0.229 e. The fraction of sp³-hybridized carbons (Fsp3) is 0.0625. The molecular weight excluding hydrogens is 308 g/mol. The van der Waals surface area contributed by atoms with Crippen LogP contribution >= 0.6 is 11.3 Å². The Labute approximate surface area is 137 Å². The highest BCUT2D eigenvalue weighted by Crippen LogP contribution is 2.26. The molecule has 3 aromatic rings. The number of anilines is 1. The third-order valence-corrected chi connectivity index (χ3v) is 3.67. The molecule has 0 saturated carbocycles. The van der Waals surface area contributed by atoms with Crippen molar-refractivity contribution in [2.75, 3.05) is 5.73 Å². The summed E-state index contributed by atoms with van der Waals surface area (Å²) in [6.45, 7) is 1.95. The second-order valence-corrected chi connectivity index (χ2v) is 5.65. The van der Waals surface area contributed by atoms with Gasteiger partial charge in [0.25, 0.3) is 0 Å². The molecular formula is C16H14N6S. The van der Waals surface area contributed by atoms with E-state index >= 15 is 0 Å². The van der Waals surface area contributed by atoms with Crippen molar-refractivity contribution in [3.63, 3.8) is 0 Å². The van der Waals surface area contributed by atoms with Gasteiger partial charge in [0.1, 0.15) is 0 Å². The largest absolute Gasteiger partial charge is 0.399 e. The van der Waals surface area contributed by atoms with Crippen LogP contribution < -0.4 is 5.73 Å². The molecule has 2 N–H and O–H groups in total. The maximum atomic E-state index is 5.72. The summed E-state index contributed by atoms with van der Waals surface area (Å²) in [5.74, 6) is 0. The van der Waals surface area contributed by atoms with Gasteiger partial charge >= 0.3 is 0 Å². The third kappa shape index (κ3) is 4.04. The minimum absolute atomic E-state index is 0.632. The Morgan fingerprint density at radius 2 is 1.61 bits per heavy atom. The van der Waals surface area contributed by atoms with Crippen molar-refractivity contribution in [1.29, 1.82) is 0 Å². The normalized spacial score (nSPS) is 11.5. The number of thiazole rings is 1. The first-order valence-corrected chi connectivity index (χ1v) is 7.78. The van der Waals surface area contributed by atoms with Gasteiger partial charge in [-0.25, -0.2) is 4.98 Å². The van der Waals surface area contributed by atoms with Crippen LogP contribution in [0.1, 0.15) is 5.56 Å². The lowest BCUT2D eigenvalue weighted by atomic mass is 10.2. The highest BCUT2D eigenvalue weighted by Gasteiger charge is 1.98. The van der Waals surface area contributed by atoms with Crippen molar-refractivity contribution in [2.45, 2.75) is 6.92 Å². The van der Waals surface area contributed by atoms with Crippen LogP contribution in [0.2, 0.25) is 0 Å². The fourth-order valence-corrected chi connectivity index (χ4v) is 2.31. The van der Waals surface area contributed by atoms with Gasteiger partial charge in [0.15, 0.2) is 0 Å². The Morgan fingerprint density at radius 1 is 0.913 bits per heavy atom. The summed E-state index contributed by atoms with van der Waals surface area (Å²) in [6.07, 6.45) is 1.70. The van der Waals surface area contributed by atoms with Gasteiger partial charge in [0.05, 0.1) is 17.1 Å². The quantitative estimate of drug-likeness (QED) is 0.481. The molecule has 0 saturated heterocycles. The molecule has 0 atom stereocenters. The third-order valence-electron chi connectivity index (χ3n) is 3.01. The second kappa shape index (κ2) is 6.89. The van der Waals surface area contributed by atoms with E-state index < -0.39 is 0 Å². The second-order valence-electron chi connectivity index (χ2n) is 4.78. The number of nitrogen functional groups attached to an aromatic ring is 1. The Morgan fingerprint density at radius 3 is 2.22 bits per heavy atom. The molecule has 6 nitrogen and oxygen atoms in total. The van der Waals surface area contributed by atoms with Gasteiger partial charge < -0.3 is 5.73 Å². The highest BCUT2D eigenvalue weighted by molar-refractivity contribution is 7.13. The average molecular weight is 322 g/mol. The number of benzene rings is 2. The van der Waals surface area contributed by atoms with Gasteiger partial charge in [-0.3, -0.25) is 0 Å². The van der Waals surface area contributed by atoms with E-state index in [1.54, 1.807) is 6.20 Å². The molecule has 0 unspecified atom stereocenters. The van der Waals surface area contributed by atoms with Gasteiger partial charge in [-0.15, -0.1) is 21.6 Å². The van der Waals surface area contributed by atoms with Crippen molar-refractivity contribution < 1.29 is 0 Å². The molecule has 0 amide bonds. The van der Waals surface area contributed by atoms with Gasteiger partial charge in [-0.2, -0.15) is 10.2 Å². The molecule has 0 radical (unpaired) electrons. The molecule has 23 heavy (non-hydrogen) atoms. The summed E-state index contributed by atoms with van der Waals surface area (Å²) in [7, 11) is 0. The zero-order chi connectivity index (χ0) is 16.1. The summed E-state index contributed by atoms with van der Waals surface area (Å²) in [4.78, 5) is 4.04. The standard InChI is InChI=1S/C16H14N6S/c1-11-10-12(17)2-7-15(11)21-19-13-3-5-14(6-4-13)20-22-16-18-8-9-23-16/h2-10H,17H2,1H3. The van der Waals surface area contributed by atoms with Crippen LogP contribution in [0.25, 0.3) is 0 Å². The summed E-state index contributed by atoms with van der Waals surface area (Å²) in [6, 6.07) is 12.9. The number of aryl methyl sites for hydroxylation is 1. The molecule has 7 heteroatoms. The minimum atomic E-state index is 0.632. The van der Waals surface area contributed by atoms with Crippen LogP contribution in [0.3, 0.4) is 0 Å².